The smallest absolute Gasteiger partial charge is 0.326 e. The van der Waals surface area contributed by atoms with Gasteiger partial charge in [-0.05, 0) is 47.7 Å². The van der Waals surface area contributed by atoms with Crippen molar-refractivity contribution in [3.63, 3.8) is 0 Å². The van der Waals surface area contributed by atoms with E-state index in [9.17, 15) is 22.8 Å². The molecule has 0 atom stereocenters. The number of thiocarbonyl (C=S) groups is 1. The number of amides is 2. The molecule has 4 rings (SSSR count). The second-order valence-corrected chi connectivity index (χ2v) is 10.4. The maximum atomic E-state index is 13.1. The normalized spacial score (nSPS) is 14.8. The van der Waals surface area contributed by atoms with Crippen LogP contribution in [0.4, 0.5) is 18.9 Å². The van der Waals surface area contributed by atoms with E-state index in [0.717, 1.165) is 22.8 Å². The number of hydrogen-bond donors (Lipinski definition) is 1. The van der Waals surface area contributed by atoms with Crippen LogP contribution in [0.3, 0.4) is 0 Å². The molecule has 2 amide bonds. The number of alkyl halides is 3. The Kier molecular flexibility index (Phi) is 9.01. The van der Waals surface area contributed by atoms with Gasteiger partial charge in [-0.3, -0.25) is 14.5 Å². The van der Waals surface area contributed by atoms with Crippen LogP contribution < -0.4 is 5.32 Å². The van der Waals surface area contributed by atoms with Gasteiger partial charge in [0.15, 0.2) is 0 Å². The summed E-state index contributed by atoms with van der Waals surface area (Å²) in [5, 5.41) is 2.35. The summed E-state index contributed by atoms with van der Waals surface area (Å²) in [4.78, 5) is 27.2. The fraction of sp³-hybridized carbons (Fsp3) is 0.207. The lowest BCUT2D eigenvalue weighted by Crippen LogP contribution is -2.29. The Morgan fingerprint density at radius 2 is 1.55 bits per heavy atom. The van der Waals surface area contributed by atoms with Gasteiger partial charge >= 0.3 is 6.18 Å². The molecule has 0 bridgehead atoms. The molecule has 1 N–H and O–H groups in total. The summed E-state index contributed by atoms with van der Waals surface area (Å²) in [6, 6.07) is 22.9. The Bertz CT molecular complexity index is 1340. The van der Waals surface area contributed by atoms with Crippen LogP contribution in [-0.4, -0.2) is 27.6 Å². The molecule has 38 heavy (non-hydrogen) atoms. The quantitative estimate of drug-likeness (QED) is 0.167. The van der Waals surface area contributed by atoms with Gasteiger partial charge in [0.05, 0.1) is 16.2 Å². The Morgan fingerprint density at radius 3 is 2.26 bits per heavy atom. The number of carbonyl (C=O) groups is 2. The SMILES string of the molecule is O=C(CCCCCN1C(=O)/C(=C/c2ccc(-c3ccccc3)cc2)SC1=S)Nc1ccccc1C(F)(F)F. The monoisotopic (exact) mass is 554 g/mol. The van der Waals surface area contributed by atoms with Gasteiger partial charge in [0.1, 0.15) is 4.32 Å². The van der Waals surface area contributed by atoms with E-state index in [2.05, 4.69) is 5.32 Å². The number of para-hydroxylation sites is 1. The van der Waals surface area contributed by atoms with E-state index in [0.29, 0.717) is 35.0 Å². The molecule has 0 spiro atoms. The van der Waals surface area contributed by atoms with Gasteiger partial charge < -0.3 is 5.32 Å². The summed E-state index contributed by atoms with van der Waals surface area (Å²) in [6.45, 7) is 0.424. The van der Waals surface area contributed by atoms with Crippen molar-refractivity contribution < 1.29 is 22.8 Å². The third kappa shape index (κ3) is 7.11. The number of rotatable bonds is 9. The van der Waals surface area contributed by atoms with Crippen LogP contribution >= 0.6 is 24.0 Å². The summed E-state index contributed by atoms with van der Waals surface area (Å²) >= 11 is 6.66. The van der Waals surface area contributed by atoms with Crippen molar-refractivity contribution in [2.75, 3.05) is 11.9 Å². The molecule has 3 aromatic rings. The number of anilines is 1. The number of nitrogens with one attached hydrogen (secondary N) is 1. The second kappa shape index (κ2) is 12.4. The lowest BCUT2D eigenvalue weighted by atomic mass is 10.0. The molecule has 9 heteroatoms. The van der Waals surface area contributed by atoms with Gasteiger partial charge in [0, 0.05) is 13.0 Å². The molecule has 1 aliphatic rings. The minimum atomic E-state index is -4.54. The number of nitrogens with zero attached hydrogens (tertiary/aromatic N) is 1. The fourth-order valence-electron chi connectivity index (χ4n) is 4.03. The van der Waals surface area contributed by atoms with Crippen molar-refractivity contribution in [1.29, 1.82) is 0 Å². The molecule has 0 aliphatic carbocycles. The van der Waals surface area contributed by atoms with Crippen LogP contribution in [0.2, 0.25) is 0 Å². The van der Waals surface area contributed by atoms with Gasteiger partial charge in [-0.1, -0.05) is 97.1 Å². The van der Waals surface area contributed by atoms with Crippen molar-refractivity contribution >= 4 is 51.9 Å². The van der Waals surface area contributed by atoms with Crippen LogP contribution in [0.15, 0.2) is 83.8 Å². The number of unbranched alkanes of at least 4 members (excludes halogenated alkanes) is 2. The summed E-state index contributed by atoms with van der Waals surface area (Å²) < 4.78 is 39.8. The molecule has 1 saturated heterocycles. The second-order valence-electron chi connectivity index (χ2n) is 8.72. The summed E-state index contributed by atoms with van der Waals surface area (Å²) in [7, 11) is 0. The number of hydrogen-bond acceptors (Lipinski definition) is 4. The van der Waals surface area contributed by atoms with Crippen LogP contribution in [0, 0.1) is 0 Å². The van der Waals surface area contributed by atoms with E-state index in [1.165, 1.54) is 30.0 Å². The van der Waals surface area contributed by atoms with Crippen LogP contribution in [-0.2, 0) is 15.8 Å². The molecule has 0 saturated carbocycles. The summed E-state index contributed by atoms with van der Waals surface area (Å²) in [5.74, 6) is -0.623. The highest BCUT2D eigenvalue weighted by atomic mass is 32.2. The van der Waals surface area contributed by atoms with Crippen molar-refractivity contribution in [3.8, 4) is 11.1 Å². The van der Waals surface area contributed by atoms with E-state index in [4.69, 9.17) is 12.2 Å². The highest BCUT2D eigenvalue weighted by Gasteiger charge is 2.33. The van der Waals surface area contributed by atoms with E-state index < -0.39 is 17.6 Å². The molecule has 1 fully saturated rings. The van der Waals surface area contributed by atoms with E-state index in [1.54, 1.807) is 4.90 Å². The molecule has 0 aromatic heterocycles. The van der Waals surface area contributed by atoms with Crippen molar-refractivity contribution in [1.82, 2.24) is 4.90 Å². The summed E-state index contributed by atoms with van der Waals surface area (Å²) in [6.07, 6.45) is -0.885. The topological polar surface area (TPSA) is 49.4 Å². The van der Waals surface area contributed by atoms with Crippen LogP contribution in [0.1, 0.15) is 36.8 Å². The minimum Gasteiger partial charge on any atom is -0.326 e. The third-order valence-corrected chi connectivity index (χ3v) is 7.36. The fourth-order valence-corrected chi connectivity index (χ4v) is 5.34. The van der Waals surface area contributed by atoms with E-state index in [1.807, 2.05) is 60.7 Å². The zero-order valence-electron chi connectivity index (χ0n) is 20.3. The minimum absolute atomic E-state index is 0.0868. The molecular formula is C29H25F3N2O2S2. The summed E-state index contributed by atoms with van der Waals surface area (Å²) in [5.41, 5.74) is 2.00. The predicted octanol–water partition coefficient (Wildman–Crippen LogP) is 7.77. The Hall–Kier alpha value is -3.43. The third-order valence-electron chi connectivity index (χ3n) is 5.98. The van der Waals surface area contributed by atoms with Gasteiger partial charge in [-0.2, -0.15) is 13.2 Å². The molecular weight excluding hydrogens is 529 g/mol. The van der Waals surface area contributed by atoms with Gasteiger partial charge in [0.25, 0.3) is 5.91 Å². The predicted molar refractivity (Wildman–Crippen MR) is 150 cm³/mol. The first kappa shape index (κ1) is 27.6. The van der Waals surface area contributed by atoms with Crippen LogP contribution in [0.5, 0.6) is 0 Å². The van der Waals surface area contributed by atoms with Gasteiger partial charge in [0.2, 0.25) is 5.91 Å². The highest BCUT2D eigenvalue weighted by molar-refractivity contribution is 8.26. The number of carbonyl (C=O) groups excluding carboxylic acids is 2. The first-order chi connectivity index (χ1) is 18.2. The molecule has 196 valence electrons. The maximum Gasteiger partial charge on any atom is 0.418 e. The Labute approximate surface area is 228 Å². The van der Waals surface area contributed by atoms with Crippen LogP contribution in [0.25, 0.3) is 17.2 Å². The number of halogens is 3. The molecule has 0 unspecified atom stereocenters. The van der Waals surface area contributed by atoms with Crippen molar-refractivity contribution in [2.24, 2.45) is 0 Å². The average molecular weight is 555 g/mol. The standard InChI is InChI=1S/C29H25F3N2O2S2/c30-29(31,32)23-11-6-7-12-24(23)33-26(35)13-5-2-8-18-34-27(36)25(38-28(34)37)19-20-14-16-22(17-15-20)21-9-3-1-4-10-21/h1,3-4,6-7,9-12,14-17,19H,2,5,8,13,18H2,(H,33,35)/b25-19-. The first-order valence-electron chi connectivity index (χ1n) is 12.1. The lowest BCUT2D eigenvalue weighted by Gasteiger charge is -2.14. The molecule has 4 nitrogen and oxygen atoms in total. The lowest BCUT2D eigenvalue weighted by molar-refractivity contribution is -0.137. The number of thioether (sulfide) groups is 1. The average Bonchev–Trinajstić information content (AvgIpc) is 3.16. The Balaban J connectivity index is 1.24. The molecule has 1 heterocycles. The molecule has 3 aromatic carbocycles. The Morgan fingerprint density at radius 1 is 0.895 bits per heavy atom. The zero-order chi connectivity index (χ0) is 27.1. The largest absolute Gasteiger partial charge is 0.418 e. The zero-order valence-corrected chi connectivity index (χ0v) is 22.0. The van der Waals surface area contributed by atoms with Gasteiger partial charge in [-0.25, -0.2) is 0 Å². The van der Waals surface area contributed by atoms with Crippen molar-refractivity contribution in [3.05, 3.63) is 94.9 Å². The molecule has 0 radical (unpaired) electrons. The van der Waals surface area contributed by atoms with Crippen molar-refractivity contribution in [2.45, 2.75) is 31.9 Å². The molecule has 1 aliphatic heterocycles. The first-order valence-corrected chi connectivity index (χ1v) is 13.3. The van der Waals surface area contributed by atoms with Gasteiger partial charge in [-0.15, -0.1) is 0 Å². The number of benzene rings is 3. The van der Waals surface area contributed by atoms with E-state index >= 15 is 0 Å². The highest BCUT2D eigenvalue weighted by Crippen LogP contribution is 2.35. The maximum absolute atomic E-state index is 13.1. The van der Waals surface area contributed by atoms with E-state index in [-0.39, 0.29) is 18.0 Å².